The summed E-state index contributed by atoms with van der Waals surface area (Å²) in [4.78, 5) is 4.53. The SMILES string of the molecule is Cc1cn2c(c(Cl)nc3ccccc32)c1[C]1[CH][CH][CH][CH]1.[CH]1[CH][CH][CH][CH]1.[Fe+2]. The molecule has 0 aliphatic heterocycles. The van der Waals surface area contributed by atoms with Crippen molar-refractivity contribution in [2.75, 3.05) is 0 Å². The van der Waals surface area contributed by atoms with Gasteiger partial charge in [0.1, 0.15) is 0 Å². The molecule has 2 saturated carbocycles. The second-order valence-corrected chi connectivity index (χ2v) is 6.29. The van der Waals surface area contributed by atoms with E-state index in [0.717, 1.165) is 16.6 Å². The predicted molar refractivity (Wildman–Crippen MR) is 103 cm³/mol. The first-order valence-corrected chi connectivity index (χ1v) is 8.58. The maximum atomic E-state index is 6.44. The first-order valence-electron chi connectivity index (χ1n) is 8.20. The number of aryl methyl sites for hydroxylation is 1. The molecule has 0 unspecified atom stereocenters. The summed E-state index contributed by atoms with van der Waals surface area (Å²) in [6.45, 7) is 2.11. The van der Waals surface area contributed by atoms with Gasteiger partial charge in [0.25, 0.3) is 0 Å². The summed E-state index contributed by atoms with van der Waals surface area (Å²) in [6, 6.07) is 8.05. The zero-order valence-electron chi connectivity index (χ0n) is 14.2. The second-order valence-electron chi connectivity index (χ2n) is 5.93. The van der Waals surface area contributed by atoms with Crippen molar-refractivity contribution in [1.82, 2.24) is 9.38 Å². The van der Waals surface area contributed by atoms with Crippen molar-refractivity contribution in [1.29, 1.82) is 0 Å². The maximum Gasteiger partial charge on any atom is 2.00 e. The average molecular weight is 401 g/mol. The van der Waals surface area contributed by atoms with Crippen molar-refractivity contribution in [3.8, 4) is 0 Å². The molecule has 0 saturated heterocycles. The van der Waals surface area contributed by atoms with Gasteiger partial charge in [-0.1, -0.05) is 23.7 Å². The van der Waals surface area contributed by atoms with Crippen molar-refractivity contribution in [3.05, 3.63) is 110 Å². The van der Waals surface area contributed by atoms with Gasteiger partial charge in [0.2, 0.25) is 0 Å². The number of rotatable bonds is 1. The molecule has 0 bridgehead atoms. The van der Waals surface area contributed by atoms with E-state index in [4.69, 9.17) is 11.6 Å². The van der Waals surface area contributed by atoms with E-state index in [9.17, 15) is 0 Å². The summed E-state index contributed by atoms with van der Waals surface area (Å²) in [6.07, 6.45) is 20.4. The number of benzene rings is 1. The minimum atomic E-state index is 0. The molecule has 26 heavy (non-hydrogen) atoms. The topological polar surface area (TPSA) is 17.3 Å². The molecule has 128 valence electrons. The van der Waals surface area contributed by atoms with Gasteiger partial charge in [-0.3, -0.25) is 0 Å². The molecule has 2 aliphatic rings. The van der Waals surface area contributed by atoms with E-state index in [-0.39, 0.29) is 17.1 Å². The van der Waals surface area contributed by atoms with E-state index in [1.807, 2.05) is 63.1 Å². The van der Waals surface area contributed by atoms with Crippen molar-refractivity contribution in [2.45, 2.75) is 6.92 Å². The number of aromatic nitrogens is 2. The van der Waals surface area contributed by atoms with Crippen LogP contribution in [-0.2, 0) is 17.1 Å². The van der Waals surface area contributed by atoms with Gasteiger partial charge < -0.3 is 4.40 Å². The van der Waals surface area contributed by atoms with Crippen LogP contribution in [0.3, 0.4) is 0 Å². The third-order valence-electron chi connectivity index (χ3n) is 4.26. The molecular weight excluding hydrogens is 384 g/mol. The molecule has 0 atom stereocenters. The van der Waals surface area contributed by atoms with Gasteiger partial charge in [0.15, 0.2) is 5.15 Å². The van der Waals surface area contributed by atoms with Crippen molar-refractivity contribution in [3.63, 3.8) is 0 Å². The van der Waals surface area contributed by atoms with Gasteiger partial charge >= 0.3 is 17.1 Å². The summed E-state index contributed by atoms with van der Waals surface area (Å²) >= 11 is 6.44. The Morgan fingerprint density at radius 1 is 0.885 bits per heavy atom. The van der Waals surface area contributed by atoms with E-state index in [1.165, 1.54) is 17.0 Å². The van der Waals surface area contributed by atoms with Crippen LogP contribution < -0.4 is 0 Å². The summed E-state index contributed by atoms with van der Waals surface area (Å²) < 4.78 is 2.14. The monoisotopic (exact) mass is 400 g/mol. The first-order chi connectivity index (χ1) is 12.3. The average Bonchev–Trinajstić information content (AvgIpc) is 3.37. The van der Waals surface area contributed by atoms with Crippen LogP contribution in [0.15, 0.2) is 30.5 Å². The number of nitrogens with zero attached hydrogens (tertiary/aromatic N) is 2. The van der Waals surface area contributed by atoms with Crippen LogP contribution >= 0.6 is 11.6 Å². The molecule has 2 fully saturated rings. The molecule has 3 aromatic rings. The fraction of sp³-hybridized carbons (Fsp3) is 0.0455. The van der Waals surface area contributed by atoms with E-state index < -0.39 is 0 Å². The Labute approximate surface area is 171 Å². The van der Waals surface area contributed by atoms with Crippen molar-refractivity contribution < 1.29 is 17.1 Å². The summed E-state index contributed by atoms with van der Waals surface area (Å²) in [5.41, 5.74) is 5.34. The van der Waals surface area contributed by atoms with E-state index >= 15 is 0 Å². The quantitative estimate of drug-likeness (QED) is 0.512. The summed E-state index contributed by atoms with van der Waals surface area (Å²) in [5.74, 6) is 1.18. The molecular formula is C22H17ClFeN2+2. The van der Waals surface area contributed by atoms with Gasteiger partial charge in [-0.25, -0.2) is 4.98 Å². The smallest absolute Gasteiger partial charge is 0.312 e. The van der Waals surface area contributed by atoms with Crippen molar-refractivity contribution >= 4 is 28.2 Å². The molecule has 4 heteroatoms. The van der Waals surface area contributed by atoms with Gasteiger partial charge in [-0.2, -0.15) is 0 Å². The Bertz CT molecular complexity index is 869. The van der Waals surface area contributed by atoms with E-state index in [1.54, 1.807) is 0 Å². The Morgan fingerprint density at radius 3 is 2.15 bits per heavy atom. The van der Waals surface area contributed by atoms with Crippen LogP contribution in [0.25, 0.3) is 16.6 Å². The summed E-state index contributed by atoms with van der Waals surface area (Å²) in [5, 5.41) is 0.549. The minimum Gasteiger partial charge on any atom is -0.312 e. The zero-order chi connectivity index (χ0) is 17.2. The van der Waals surface area contributed by atoms with Crippen LogP contribution in [0, 0.1) is 70.6 Å². The van der Waals surface area contributed by atoms with Crippen LogP contribution in [-0.4, -0.2) is 9.38 Å². The molecule has 0 amide bonds. The number of halogens is 1. The zero-order valence-corrected chi connectivity index (χ0v) is 16.1. The molecule has 1 aromatic carbocycles. The Morgan fingerprint density at radius 2 is 1.50 bits per heavy atom. The maximum absolute atomic E-state index is 6.44. The minimum absolute atomic E-state index is 0. The van der Waals surface area contributed by atoms with Gasteiger partial charge in [-0.05, 0) is 88.0 Å². The van der Waals surface area contributed by atoms with Gasteiger partial charge in [0.05, 0.1) is 16.6 Å². The van der Waals surface area contributed by atoms with Crippen LogP contribution in [0.1, 0.15) is 11.1 Å². The Kier molecular flexibility index (Phi) is 6.66. The van der Waals surface area contributed by atoms with E-state index in [0.29, 0.717) is 5.15 Å². The Hall–Kier alpha value is -1.02. The third kappa shape index (κ3) is 3.81. The number of hydrogen-bond donors (Lipinski definition) is 0. The molecule has 0 N–H and O–H groups in total. The Balaban J connectivity index is 0.000000285. The number of fused-ring (bicyclic) bond motifs is 3. The third-order valence-corrected chi connectivity index (χ3v) is 4.52. The largest absolute Gasteiger partial charge is 2.00 e. The standard InChI is InChI=1S/C17H12ClN2.C5H5.Fe/c1-11-10-20-14-9-5-4-8-13(14)19-17(18)16(20)15(11)12-6-2-3-7-12;1-2-4-5-3-1;/h2-10H,1H3;1-5H;/q;;+2. The van der Waals surface area contributed by atoms with Crippen LogP contribution in [0.5, 0.6) is 0 Å². The molecule has 10 radical (unpaired) electrons. The first kappa shape index (κ1) is 19.7. The fourth-order valence-corrected chi connectivity index (χ4v) is 3.45. The van der Waals surface area contributed by atoms with Gasteiger partial charge in [-0.15, -0.1) is 0 Å². The molecule has 0 spiro atoms. The normalized spacial score (nSPS) is 17.3. The fourth-order valence-electron chi connectivity index (χ4n) is 3.17. The molecule has 5 rings (SSSR count). The molecule has 2 aromatic heterocycles. The molecule has 2 aliphatic carbocycles. The number of hydrogen-bond acceptors (Lipinski definition) is 1. The van der Waals surface area contributed by atoms with Crippen LogP contribution in [0.4, 0.5) is 0 Å². The van der Waals surface area contributed by atoms with Crippen molar-refractivity contribution in [2.24, 2.45) is 0 Å². The molecule has 2 nitrogen and oxygen atoms in total. The predicted octanol–water partition coefficient (Wildman–Crippen LogP) is 5.22. The second kappa shape index (κ2) is 8.78. The number of para-hydroxylation sites is 2. The molecule has 2 heterocycles. The summed E-state index contributed by atoms with van der Waals surface area (Å²) in [7, 11) is 0. The van der Waals surface area contributed by atoms with E-state index in [2.05, 4.69) is 41.4 Å². The van der Waals surface area contributed by atoms with Gasteiger partial charge in [0, 0.05) is 12.1 Å². The van der Waals surface area contributed by atoms with Crippen LogP contribution in [0.2, 0.25) is 5.15 Å².